The van der Waals surface area contributed by atoms with Crippen LogP contribution < -0.4 is 0 Å². The zero-order valence-corrected chi connectivity index (χ0v) is 42.5. The quantitative estimate of drug-likeness (QED) is 0.0346. The van der Waals surface area contributed by atoms with Gasteiger partial charge in [0.2, 0.25) is 0 Å². The Bertz CT molecular complexity index is 1150. The van der Waals surface area contributed by atoms with Gasteiger partial charge in [-0.15, -0.1) is 0 Å². The van der Waals surface area contributed by atoms with E-state index in [1.165, 1.54) is 154 Å². The van der Waals surface area contributed by atoms with Gasteiger partial charge in [-0.25, -0.2) is 0 Å². The summed E-state index contributed by atoms with van der Waals surface area (Å²) in [5.41, 5.74) is 0. The van der Waals surface area contributed by atoms with E-state index in [1.807, 2.05) is 0 Å². The van der Waals surface area contributed by atoms with E-state index in [2.05, 4.69) is 93.7 Å². The Labute approximate surface area is 397 Å². The third-order valence-corrected chi connectivity index (χ3v) is 11.7. The Morgan fingerprint density at radius 1 is 0.344 bits per heavy atom. The van der Waals surface area contributed by atoms with E-state index in [9.17, 15) is 9.59 Å². The summed E-state index contributed by atoms with van der Waals surface area (Å²) in [5.74, 6) is -0.414. The first kappa shape index (κ1) is 61.3. The molecule has 0 spiro atoms. The molecule has 0 heterocycles. The van der Waals surface area contributed by atoms with Crippen LogP contribution in [0.4, 0.5) is 0 Å². The third kappa shape index (κ3) is 52.0. The van der Waals surface area contributed by atoms with Crippen molar-refractivity contribution in [2.45, 2.75) is 271 Å². The molecule has 1 atom stereocenters. The van der Waals surface area contributed by atoms with Crippen LogP contribution in [0.2, 0.25) is 0 Å². The van der Waals surface area contributed by atoms with Crippen molar-refractivity contribution in [3.63, 3.8) is 0 Å². The van der Waals surface area contributed by atoms with Crippen molar-refractivity contribution in [3.8, 4) is 0 Å². The summed E-state index contributed by atoms with van der Waals surface area (Å²) in [7, 11) is 0. The molecule has 0 bridgehead atoms. The molecule has 0 aromatic rings. The van der Waals surface area contributed by atoms with Crippen molar-refractivity contribution < 1.29 is 23.8 Å². The Morgan fingerprint density at radius 2 is 0.656 bits per heavy atom. The second-order valence-corrected chi connectivity index (χ2v) is 18.1. The highest BCUT2D eigenvalue weighted by atomic mass is 16.6. The maximum absolute atomic E-state index is 12.8. The molecule has 0 aromatic heterocycles. The number of hydrogen-bond donors (Lipinski definition) is 0. The summed E-state index contributed by atoms with van der Waals surface area (Å²) < 4.78 is 17.4. The lowest BCUT2D eigenvalue weighted by Crippen LogP contribution is -2.30. The minimum absolute atomic E-state index is 0.0740. The first-order chi connectivity index (χ1) is 31.6. The van der Waals surface area contributed by atoms with Crippen molar-refractivity contribution in [1.29, 1.82) is 0 Å². The fourth-order valence-electron chi connectivity index (χ4n) is 7.58. The van der Waals surface area contributed by atoms with E-state index < -0.39 is 6.10 Å². The molecule has 5 heteroatoms. The van der Waals surface area contributed by atoms with Crippen molar-refractivity contribution in [2.24, 2.45) is 0 Å². The first-order valence-electron chi connectivity index (χ1n) is 27.5. The second kappa shape index (κ2) is 54.7. The molecule has 0 amide bonds. The average molecular weight is 893 g/mol. The van der Waals surface area contributed by atoms with Gasteiger partial charge in [-0.3, -0.25) is 9.59 Å². The third-order valence-electron chi connectivity index (χ3n) is 11.7. The summed E-state index contributed by atoms with van der Waals surface area (Å²) in [6, 6.07) is 0. The number of carbonyl (C=O) groups excluding carboxylic acids is 2. The lowest BCUT2D eigenvalue weighted by molar-refractivity contribution is -0.163. The monoisotopic (exact) mass is 893 g/mol. The highest BCUT2D eigenvalue weighted by Crippen LogP contribution is 2.14. The van der Waals surface area contributed by atoms with E-state index in [-0.39, 0.29) is 25.2 Å². The number of unbranched alkanes of at least 4 members (excludes halogenated alkanes) is 27. The van der Waals surface area contributed by atoms with Gasteiger partial charge in [-0.05, 0) is 96.3 Å². The van der Waals surface area contributed by atoms with E-state index in [0.29, 0.717) is 19.4 Å². The molecule has 1 unspecified atom stereocenters. The molecule has 0 saturated carbocycles. The van der Waals surface area contributed by atoms with Gasteiger partial charge in [0.25, 0.3) is 0 Å². The second-order valence-electron chi connectivity index (χ2n) is 18.1. The largest absolute Gasteiger partial charge is 0.462 e. The fraction of sp³-hybridized carbons (Fsp3) is 0.763. The zero-order valence-electron chi connectivity index (χ0n) is 42.5. The molecule has 0 N–H and O–H groups in total. The maximum atomic E-state index is 12.8. The molecule has 0 aliphatic heterocycles. The van der Waals surface area contributed by atoms with Crippen LogP contribution in [0.25, 0.3) is 0 Å². The van der Waals surface area contributed by atoms with Crippen LogP contribution in [-0.4, -0.2) is 37.9 Å². The summed E-state index contributed by atoms with van der Waals surface area (Å²) in [6.07, 6.45) is 70.6. The van der Waals surface area contributed by atoms with Gasteiger partial charge in [0.1, 0.15) is 6.61 Å². The number of rotatable bonds is 50. The van der Waals surface area contributed by atoms with Gasteiger partial charge in [-0.2, -0.15) is 0 Å². The van der Waals surface area contributed by atoms with Crippen LogP contribution in [0.5, 0.6) is 0 Å². The molecule has 0 saturated heterocycles. The number of carbonyl (C=O) groups is 2. The highest BCUT2D eigenvalue weighted by Gasteiger charge is 2.17. The van der Waals surface area contributed by atoms with Crippen LogP contribution >= 0.6 is 0 Å². The molecule has 0 aromatic carbocycles. The zero-order chi connectivity index (χ0) is 46.3. The number of hydrogen-bond acceptors (Lipinski definition) is 5. The van der Waals surface area contributed by atoms with E-state index in [1.54, 1.807) is 0 Å². The molecular formula is C59H104O5. The molecule has 0 aliphatic carbocycles. The van der Waals surface area contributed by atoms with Crippen LogP contribution in [0.3, 0.4) is 0 Å². The Kier molecular flexibility index (Phi) is 52.4. The lowest BCUT2D eigenvalue weighted by atomic mass is 10.1. The first-order valence-corrected chi connectivity index (χ1v) is 27.5. The molecule has 5 nitrogen and oxygen atoms in total. The van der Waals surface area contributed by atoms with Crippen molar-refractivity contribution in [3.05, 3.63) is 72.9 Å². The number of allylic oxidation sites excluding steroid dienone is 12. The van der Waals surface area contributed by atoms with Crippen molar-refractivity contribution >= 4 is 11.9 Å². The van der Waals surface area contributed by atoms with Crippen LogP contribution in [0.15, 0.2) is 72.9 Å². The van der Waals surface area contributed by atoms with E-state index in [0.717, 1.165) is 77.0 Å². The van der Waals surface area contributed by atoms with Gasteiger partial charge >= 0.3 is 11.9 Å². The highest BCUT2D eigenvalue weighted by molar-refractivity contribution is 5.70. The molecule has 0 fully saturated rings. The molecule has 370 valence electrons. The summed E-state index contributed by atoms with van der Waals surface area (Å²) >= 11 is 0. The molecule has 0 rings (SSSR count). The summed E-state index contributed by atoms with van der Waals surface area (Å²) in [4.78, 5) is 25.4. The standard InChI is InChI=1S/C59H104O5/c1-4-7-10-13-16-19-21-23-25-27-29-31-33-35-37-39-42-45-48-51-54-62-55-57(64-59(61)53-50-47-44-40-18-15-12-9-6-3)56-63-58(60)52-49-46-43-41-38-36-34-32-30-28-26-24-22-20-17-14-11-8-5-2/h16-17,19-20,23-26,29-32,57H,4-15,18,21-22,27-28,33-56H2,1-3H3/b19-16-,20-17-,25-23-,26-24-,31-29-,32-30-. The fourth-order valence-corrected chi connectivity index (χ4v) is 7.58. The summed E-state index contributed by atoms with van der Waals surface area (Å²) in [5, 5.41) is 0. The lowest BCUT2D eigenvalue weighted by Gasteiger charge is -2.18. The summed E-state index contributed by atoms with van der Waals surface area (Å²) in [6.45, 7) is 7.74. The number of ether oxygens (including phenoxy) is 3. The molecule has 64 heavy (non-hydrogen) atoms. The predicted molar refractivity (Wildman–Crippen MR) is 279 cm³/mol. The smallest absolute Gasteiger partial charge is 0.306 e. The predicted octanol–water partition coefficient (Wildman–Crippen LogP) is 18.7. The Hall–Kier alpha value is -2.66. The molecule has 0 aliphatic rings. The van der Waals surface area contributed by atoms with Crippen LogP contribution in [0, 0.1) is 0 Å². The minimum Gasteiger partial charge on any atom is -0.462 e. The average Bonchev–Trinajstić information content (AvgIpc) is 3.30. The van der Waals surface area contributed by atoms with Gasteiger partial charge in [0.15, 0.2) is 6.10 Å². The van der Waals surface area contributed by atoms with Gasteiger partial charge < -0.3 is 14.2 Å². The van der Waals surface area contributed by atoms with Crippen LogP contribution in [-0.2, 0) is 23.8 Å². The Morgan fingerprint density at radius 3 is 1.08 bits per heavy atom. The normalized spacial score (nSPS) is 12.7. The van der Waals surface area contributed by atoms with Crippen LogP contribution in [0.1, 0.15) is 265 Å². The van der Waals surface area contributed by atoms with Gasteiger partial charge in [0.05, 0.1) is 6.61 Å². The van der Waals surface area contributed by atoms with E-state index >= 15 is 0 Å². The van der Waals surface area contributed by atoms with Crippen molar-refractivity contribution in [2.75, 3.05) is 19.8 Å². The topological polar surface area (TPSA) is 61.8 Å². The SMILES string of the molecule is CCCCC/C=C\C/C=C\C/C=C\CCCCCCCCCOCC(COC(=O)CCCCCCCC/C=C\C/C=C\C/C=C\CCCCC)OC(=O)CCCCCCCCCCC. The minimum atomic E-state index is -0.547. The van der Waals surface area contributed by atoms with Gasteiger partial charge in [-0.1, -0.05) is 229 Å². The Balaban J connectivity index is 4.21. The maximum Gasteiger partial charge on any atom is 0.306 e. The van der Waals surface area contributed by atoms with Crippen molar-refractivity contribution in [1.82, 2.24) is 0 Å². The molecular weight excluding hydrogens is 789 g/mol. The van der Waals surface area contributed by atoms with Gasteiger partial charge in [0, 0.05) is 19.4 Å². The van der Waals surface area contributed by atoms with E-state index in [4.69, 9.17) is 14.2 Å². The molecule has 0 radical (unpaired) electrons. The number of esters is 2.